The van der Waals surface area contributed by atoms with Gasteiger partial charge in [-0.15, -0.1) is 0 Å². The molecule has 0 N–H and O–H groups in total. The van der Waals surface area contributed by atoms with Gasteiger partial charge in [0.2, 0.25) is 0 Å². The Bertz CT molecular complexity index is 705. The van der Waals surface area contributed by atoms with Gasteiger partial charge in [-0.3, -0.25) is 9.59 Å². The zero-order chi connectivity index (χ0) is 26.2. The Morgan fingerprint density at radius 3 is 1.88 bits per heavy atom. The number of carbonyl (C=O) groups is 2. The molecule has 1 fully saturated rings. The molecule has 6 nitrogen and oxygen atoms in total. The minimum atomic E-state index is -2.00. The molecule has 0 unspecified atom stereocenters. The van der Waals surface area contributed by atoms with Gasteiger partial charge in [0, 0.05) is 32.3 Å². The molecule has 0 radical (unpaired) electrons. The first-order chi connectivity index (χ1) is 15.7. The number of allylic oxidation sites excluding steroid dienone is 1. The Labute approximate surface area is 208 Å². The third kappa shape index (κ3) is 8.65. The lowest BCUT2D eigenvalue weighted by atomic mass is 10.0. The second-order valence-corrected chi connectivity index (χ2v) is 16.2. The third-order valence-electron chi connectivity index (χ3n) is 7.13. The van der Waals surface area contributed by atoms with Crippen molar-refractivity contribution in [1.29, 1.82) is 0 Å². The van der Waals surface area contributed by atoms with Crippen LogP contribution in [0, 0.1) is 17.8 Å². The van der Waals surface area contributed by atoms with E-state index in [9.17, 15) is 9.59 Å². The molecule has 1 aliphatic rings. The smallest absolute Gasteiger partial charge is 0.307 e. The predicted octanol–water partition coefficient (Wildman–Crippen LogP) is 6.77. The summed E-state index contributed by atoms with van der Waals surface area (Å²) in [4.78, 5) is 23.0. The van der Waals surface area contributed by atoms with Crippen molar-refractivity contribution in [3.05, 3.63) is 24.2 Å². The maximum atomic E-state index is 11.5. The molecular weight excluding hydrogens is 448 g/mol. The molecule has 0 spiro atoms. The van der Waals surface area contributed by atoms with Gasteiger partial charge in [-0.25, -0.2) is 0 Å². The van der Waals surface area contributed by atoms with Gasteiger partial charge in [0.15, 0.2) is 8.32 Å². The molecule has 0 aromatic carbocycles. The number of carbonyl (C=O) groups excluding carboxylic acids is 2. The summed E-state index contributed by atoms with van der Waals surface area (Å²) in [6.45, 7) is 25.3. The van der Waals surface area contributed by atoms with E-state index in [4.69, 9.17) is 18.6 Å². The molecule has 0 heterocycles. The Hall–Kier alpha value is -1.44. The van der Waals surface area contributed by atoms with Crippen molar-refractivity contribution in [2.24, 2.45) is 17.8 Å². The average molecular weight is 497 g/mol. The van der Waals surface area contributed by atoms with Crippen molar-refractivity contribution in [3.63, 3.8) is 0 Å². The molecule has 0 aromatic heterocycles. The van der Waals surface area contributed by atoms with E-state index in [-0.39, 0.29) is 23.9 Å². The number of hydrogen-bond acceptors (Lipinski definition) is 6. The van der Waals surface area contributed by atoms with Crippen LogP contribution >= 0.6 is 0 Å². The number of ether oxygens (including phenoxy) is 3. The standard InChI is InChI=1S/C27H48O6Si/c1-17(2)34(18(3)4,19(5)6)31-15-13-26(21(8)22(9)32-23(10)28)30-14-12-27(33-24(11)29)25-16-20(25)7/h12,17-21,25-26H,9,13-16H2,1-8,10-11H3/b27-12+/t20-,21+,25-,26-/m0/s1. The summed E-state index contributed by atoms with van der Waals surface area (Å²) >= 11 is 0. The summed E-state index contributed by atoms with van der Waals surface area (Å²) in [5, 5.41) is 0. The summed E-state index contributed by atoms with van der Waals surface area (Å²) in [6, 6.07) is 0. The molecule has 7 heteroatoms. The minimum absolute atomic E-state index is 0.203. The lowest BCUT2D eigenvalue weighted by molar-refractivity contribution is -0.138. The lowest BCUT2D eigenvalue weighted by Crippen LogP contribution is -2.48. The van der Waals surface area contributed by atoms with Crippen molar-refractivity contribution >= 4 is 20.3 Å². The highest BCUT2D eigenvalue weighted by atomic mass is 28.4. The summed E-state index contributed by atoms with van der Waals surface area (Å²) in [5.74, 6) is 0.953. The Balaban J connectivity index is 2.96. The van der Waals surface area contributed by atoms with Crippen molar-refractivity contribution in [2.45, 2.75) is 105 Å². The van der Waals surface area contributed by atoms with Gasteiger partial charge in [-0.1, -0.05) is 62.0 Å². The van der Waals surface area contributed by atoms with Crippen LogP contribution in [0.25, 0.3) is 0 Å². The average Bonchev–Trinajstić information content (AvgIpc) is 3.43. The highest BCUT2D eigenvalue weighted by Gasteiger charge is 2.45. The van der Waals surface area contributed by atoms with Crippen molar-refractivity contribution in [1.82, 2.24) is 0 Å². The van der Waals surface area contributed by atoms with Crippen LogP contribution in [0.1, 0.15) is 82.1 Å². The zero-order valence-electron chi connectivity index (χ0n) is 23.1. The SMILES string of the molecule is C=C(OC(C)=O)[C@@H](C)[C@H](CCO[Si](C(C)C)(C(C)C)C(C)C)OC/C=C(/OC(C)=O)[C@H]1C[C@@H]1C. The van der Waals surface area contributed by atoms with Crippen LogP contribution in [0.4, 0.5) is 0 Å². The molecule has 0 bridgehead atoms. The fourth-order valence-electron chi connectivity index (χ4n) is 5.22. The number of esters is 2. The van der Waals surface area contributed by atoms with Crippen LogP contribution in [0.5, 0.6) is 0 Å². The van der Waals surface area contributed by atoms with Crippen LogP contribution in [0.3, 0.4) is 0 Å². The Morgan fingerprint density at radius 1 is 0.971 bits per heavy atom. The molecular formula is C27H48O6Si. The first kappa shape index (κ1) is 30.6. The van der Waals surface area contributed by atoms with Crippen LogP contribution in [-0.2, 0) is 28.2 Å². The zero-order valence-corrected chi connectivity index (χ0v) is 24.1. The fraction of sp³-hybridized carbons (Fsp3) is 0.778. The molecule has 34 heavy (non-hydrogen) atoms. The Morgan fingerprint density at radius 2 is 1.47 bits per heavy atom. The fourth-order valence-corrected chi connectivity index (χ4v) is 10.7. The molecule has 0 aliphatic heterocycles. The lowest BCUT2D eigenvalue weighted by Gasteiger charge is -2.42. The molecule has 196 valence electrons. The first-order valence-corrected chi connectivity index (χ1v) is 14.9. The molecule has 0 saturated heterocycles. The topological polar surface area (TPSA) is 71.1 Å². The maximum absolute atomic E-state index is 11.5. The van der Waals surface area contributed by atoms with E-state index in [0.29, 0.717) is 53.7 Å². The highest BCUT2D eigenvalue weighted by molar-refractivity contribution is 6.77. The molecule has 4 atom stereocenters. The Kier molecular flexibility index (Phi) is 12.2. The largest absolute Gasteiger partial charge is 0.432 e. The van der Waals surface area contributed by atoms with Crippen molar-refractivity contribution in [3.8, 4) is 0 Å². The van der Waals surface area contributed by atoms with E-state index in [2.05, 4.69) is 55.0 Å². The summed E-state index contributed by atoms with van der Waals surface area (Å²) in [7, 11) is -2.00. The van der Waals surface area contributed by atoms with Gasteiger partial charge in [0.05, 0.1) is 12.7 Å². The number of hydrogen-bond donors (Lipinski definition) is 0. The van der Waals surface area contributed by atoms with Crippen molar-refractivity contribution < 1.29 is 28.2 Å². The van der Waals surface area contributed by atoms with Gasteiger partial charge in [-0.05, 0) is 41.5 Å². The van der Waals surface area contributed by atoms with E-state index < -0.39 is 14.3 Å². The third-order valence-corrected chi connectivity index (χ3v) is 13.3. The van der Waals surface area contributed by atoms with E-state index in [1.807, 2.05) is 13.0 Å². The summed E-state index contributed by atoms with van der Waals surface area (Å²) in [5.41, 5.74) is 1.49. The molecule has 1 aliphatic carbocycles. The van der Waals surface area contributed by atoms with Crippen LogP contribution in [0.2, 0.25) is 16.6 Å². The second-order valence-electron chi connectivity index (χ2n) is 10.7. The summed E-state index contributed by atoms with van der Waals surface area (Å²) in [6.07, 6.45) is 3.28. The quantitative estimate of drug-likeness (QED) is 0.141. The summed E-state index contributed by atoms with van der Waals surface area (Å²) < 4.78 is 23.7. The van der Waals surface area contributed by atoms with Crippen LogP contribution in [-0.4, -0.2) is 39.6 Å². The van der Waals surface area contributed by atoms with E-state index in [0.717, 1.165) is 6.42 Å². The van der Waals surface area contributed by atoms with E-state index >= 15 is 0 Å². The number of rotatable bonds is 15. The predicted molar refractivity (Wildman–Crippen MR) is 139 cm³/mol. The first-order valence-electron chi connectivity index (χ1n) is 12.7. The van der Waals surface area contributed by atoms with Gasteiger partial charge >= 0.3 is 11.9 Å². The molecule has 1 saturated carbocycles. The molecule has 0 amide bonds. The van der Waals surface area contributed by atoms with Crippen LogP contribution < -0.4 is 0 Å². The van der Waals surface area contributed by atoms with Crippen molar-refractivity contribution in [2.75, 3.05) is 13.2 Å². The van der Waals surface area contributed by atoms with Crippen LogP contribution in [0.15, 0.2) is 24.2 Å². The van der Waals surface area contributed by atoms with E-state index in [1.165, 1.54) is 13.8 Å². The second kappa shape index (κ2) is 13.6. The molecule has 0 aromatic rings. The van der Waals surface area contributed by atoms with Gasteiger partial charge in [-0.2, -0.15) is 0 Å². The van der Waals surface area contributed by atoms with E-state index in [1.54, 1.807) is 0 Å². The monoisotopic (exact) mass is 496 g/mol. The van der Waals surface area contributed by atoms with Gasteiger partial charge < -0.3 is 18.6 Å². The highest BCUT2D eigenvalue weighted by Crippen LogP contribution is 2.44. The normalized spacial score (nSPS) is 20.4. The molecule has 1 rings (SSSR count). The minimum Gasteiger partial charge on any atom is -0.432 e. The van der Waals surface area contributed by atoms with Gasteiger partial charge in [0.25, 0.3) is 0 Å². The maximum Gasteiger partial charge on any atom is 0.307 e. The van der Waals surface area contributed by atoms with Gasteiger partial charge in [0.1, 0.15) is 11.5 Å².